The van der Waals surface area contributed by atoms with Crippen LogP contribution in [0.4, 0.5) is 13.2 Å². The fourth-order valence-electron chi connectivity index (χ4n) is 3.46. The zero-order chi connectivity index (χ0) is 22.4. The Balaban J connectivity index is 1.47. The number of amides is 1. The Bertz CT molecular complexity index is 896. The van der Waals surface area contributed by atoms with Gasteiger partial charge in [0, 0.05) is 38.3 Å². The molecule has 5 nitrogen and oxygen atoms in total. The van der Waals surface area contributed by atoms with E-state index < -0.39 is 11.7 Å². The van der Waals surface area contributed by atoms with E-state index in [4.69, 9.17) is 4.74 Å². The van der Waals surface area contributed by atoms with Gasteiger partial charge in [0.15, 0.2) is 12.4 Å². The first-order chi connectivity index (χ1) is 14.7. The first-order valence-electron chi connectivity index (χ1n) is 10.1. The van der Waals surface area contributed by atoms with Gasteiger partial charge in [-0.25, -0.2) is 0 Å². The third kappa shape index (κ3) is 6.55. The van der Waals surface area contributed by atoms with E-state index in [9.17, 15) is 22.8 Å². The van der Waals surface area contributed by atoms with Crippen molar-refractivity contribution in [2.24, 2.45) is 0 Å². The molecule has 2 aromatic rings. The van der Waals surface area contributed by atoms with Gasteiger partial charge in [0.2, 0.25) is 0 Å². The Morgan fingerprint density at radius 3 is 2.23 bits per heavy atom. The molecule has 0 bridgehead atoms. The highest BCUT2D eigenvalue weighted by Crippen LogP contribution is 2.29. The normalized spacial score (nSPS) is 15.4. The molecular weight excluding hydrogens is 409 g/mol. The summed E-state index contributed by atoms with van der Waals surface area (Å²) >= 11 is 0. The van der Waals surface area contributed by atoms with E-state index in [1.165, 1.54) is 19.1 Å². The third-order valence-corrected chi connectivity index (χ3v) is 5.25. The van der Waals surface area contributed by atoms with Crippen LogP contribution in [0.1, 0.15) is 34.8 Å². The second-order valence-electron chi connectivity index (χ2n) is 7.57. The topological polar surface area (TPSA) is 49.9 Å². The first kappa shape index (κ1) is 22.8. The molecule has 0 radical (unpaired) electrons. The van der Waals surface area contributed by atoms with Crippen molar-refractivity contribution >= 4 is 11.7 Å². The molecule has 0 aliphatic carbocycles. The number of benzene rings is 2. The number of nitrogens with zero attached hydrogens (tertiary/aromatic N) is 2. The SMILES string of the molecule is CC(=O)c1ccc(OCC(=O)N2CCCN(Cc3ccc(C(F)(F)F)cc3)CC2)cc1. The Labute approximate surface area is 179 Å². The zero-order valence-corrected chi connectivity index (χ0v) is 17.3. The summed E-state index contributed by atoms with van der Waals surface area (Å²) in [6.07, 6.45) is -3.56. The lowest BCUT2D eigenvalue weighted by Gasteiger charge is -2.22. The smallest absolute Gasteiger partial charge is 0.416 e. The minimum atomic E-state index is -4.33. The summed E-state index contributed by atoms with van der Waals surface area (Å²) in [6, 6.07) is 11.9. The highest BCUT2D eigenvalue weighted by atomic mass is 19.4. The minimum Gasteiger partial charge on any atom is -0.484 e. The van der Waals surface area contributed by atoms with E-state index in [0.717, 1.165) is 30.7 Å². The molecule has 3 rings (SSSR count). The summed E-state index contributed by atoms with van der Waals surface area (Å²) in [4.78, 5) is 27.7. The summed E-state index contributed by atoms with van der Waals surface area (Å²) in [6.45, 7) is 4.48. The van der Waals surface area contributed by atoms with Crippen LogP contribution < -0.4 is 4.74 Å². The Kier molecular flexibility index (Phi) is 7.33. The van der Waals surface area contributed by atoms with E-state index >= 15 is 0 Å². The van der Waals surface area contributed by atoms with Crippen molar-refractivity contribution in [1.29, 1.82) is 0 Å². The molecule has 8 heteroatoms. The number of hydrogen-bond acceptors (Lipinski definition) is 4. The summed E-state index contributed by atoms with van der Waals surface area (Å²) < 4.78 is 43.6. The largest absolute Gasteiger partial charge is 0.484 e. The van der Waals surface area contributed by atoms with E-state index in [-0.39, 0.29) is 18.3 Å². The molecule has 0 atom stereocenters. The van der Waals surface area contributed by atoms with Crippen LogP contribution in [0.15, 0.2) is 48.5 Å². The van der Waals surface area contributed by atoms with Gasteiger partial charge in [0.1, 0.15) is 5.75 Å². The van der Waals surface area contributed by atoms with Crippen LogP contribution in [0.25, 0.3) is 0 Å². The third-order valence-electron chi connectivity index (χ3n) is 5.25. The summed E-state index contributed by atoms with van der Waals surface area (Å²) in [5.74, 6) is 0.372. The van der Waals surface area contributed by atoms with E-state index in [2.05, 4.69) is 4.90 Å². The number of ether oxygens (including phenoxy) is 1. The number of alkyl halides is 3. The quantitative estimate of drug-likeness (QED) is 0.645. The first-order valence-corrected chi connectivity index (χ1v) is 10.1. The van der Waals surface area contributed by atoms with Gasteiger partial charge < -0.3 is 9.64 Å². The fraction of sp³-hybridized carbons (Fsp3) is 0.391. The van der Waals surface area contributed by atoms with E-state index in [1.54, 1.807) is 29.2 Å². The van der Waals surface area contributed by atoms with E-state index in [0.29, 0.717) is 37.5 Å². The molecule has 1 heterocycles. The molecule has 1 saturated heterocycles. The molecule has 31 heavy (non-hydrogen) atoms. The van der Waals surface area contributed by atoms with Crippen LogP contribution in [0.5, 0.6) is 5.75 Å². The number of hydrogen-bond donors (Lipinski definition) is 0. The molecule has 0 saturated carbocycles. The number of halogens is 3. The average molecular weight is 434 g/mol. The van der Waals surface area contributed by atoms with E-state index in [1.807, 2.05) is 0 Å². The molecule has 0 N–H and O–H groups in total. The summed E-state index contributed by atoms with van der Waals surface area (Å²) in [7, 11) is 0. The molecule has 0 spiro atoms. The average Bonchev–Trinajstić information content (AvgIpc) is 2.98. The number of Topliss-reactive ketones (excluding diaryl/α,β-unsaturated/α-hetero) is 1. The van der Waals surface area contributed by atoms with Gasteiger partial charge in [0.05, 0.1) is 5.56 Å². The van der Waals surface area contributed by atoms with Crippen LogP contribution in [-0.4, -0.2) is 54.3 Å². The maximum atomic E-state index is 12.7. The molecule has 2 aromatic carbocycles. The van der Waals surface area contributed by atoms with Gasteiger partial charge >= 0.3 is 6.18 Å². The summed E-state index contributed by atoms with van der Waals surface area (Å²) in [5, 5.41) is 0. The lowest BCUT2D eigenvalue weighted by molar-refractivity contribution is -0.137. The molecule has 0 aromatic heterocycles. The molecule has 0 unspecified atom stereocenters. The highest BCUT2D eigenvalue weighted by molar-refractivity contribution is 5.94. The van der Waals surface area contributed by atoms with Crippen molar-refractivity contribution in [1.82, 2.24) is 9.80 Å². The predicted octanol–water partition coefficient (Wildman–Crippen LogP) is 4.02. The monoisotopic (exact) mass is 434 g/mol. The van der Waals surface area contributed by atoms with Gasteiger partial charge in [-0.2, -0.15) is 13.2 Å². The van der Waals surface area contributed by atoms with Crippen molar-refractivity contribution < 1.29 is 27.5 Å². The molecule has 166 valence electrons. The predicted molar refractivity (Wildman–Crippen MR) is 110 cm³/mol. The Hall–Kier alpha value is -2.87. The van der Waals surface area contributed by atoms with Crippen LogP contribution in [0, 0.1) is 0 Å². The second-order valence-corrected chi connectivity index (χ2v) is 7.57. The van der Waals surface area contributed by atoms with Gasteiger partial charge in [0.25, 0.3) is 5.91 Å². The maximum Gasteiger partial charge on any atom is 0.416 e. The van der Waals surface area contributed by atoms with Gasteiger partial charge in [-0.3, -0.25) is 14.5 Å². The molecule has 1 aliphatic heterocycles. The van der Waals surface area contributed by atoms with Crippen LogP contribution in [0.2, 0.25) is 0 Å². The molecule has 1 aliphatic rings. The van der Waals surface area contributed by atoms with Gasteiger partial charge in [-0.1, -0.05) is 12.1 Å². The number of carbonyl (C=O) groups excluding carboxylic acids is 2. The number of carbonyl (C=O) groups is 2. The minimum absolute atomic E-state index is 0.0342. The highest BCUT2D eigenvalue weighted by Gasteiger charge is 2.30. The number of rotatable bonds is 6. The van der Waals surface area contributed by atoms with Crippen molar-refractivity contribution in [2.45, 2.75) is 26.1 Å². The Morgan fingerprint density at radius 1 is 0.935 bits per heavy atom. The van der Waals surface area contributed by atoms with Crippen LogP contribution in [-0.2, 0) is 17.5 Å². The lowest BCUT2D eigenvalue weighted by atomic mass is 10.1. The zero-order valence-electron chi connectivity index (χ0n) is 17.3. The van der Waals surface area contributed by atoms with Crippen molar-refractivity contribution in [2.75, 3.05) is 32.8 Å². The van der Waals surface area contributed by atoms with Crippen molar-refractivity contribution in [3.63, 3.8) is 0 Å². The van der Waals surface area contributed by atoms with Crippen LogP contribution >= 0.6 is 0 Å². The number of ketones is 1. The molecular formula is C23H25F3N2O3. The lowest BCUT2D eigenvalue weighted by Crippen LogP contribution is -2.38. The fourth-order valence-corrected chi connectivity index (χ4v) is 3.46. The molecule has 1 fully saturated rings. The van der Waals surface area contributed by atoms with Gasteiger partial charge in [-0.05, 0) is 55.3 Å². The summed E-state index contributed by atoms with van der Waals surface area (Å²) in [5.41, 5.74) is 0.740. The second kappa shape index (κ2) is 9.96. The maximum absolute atomic E-state index is 12.7. The Morgan fingerprint density at radius 2 is 1.61 bits per heavy atom. The van der Waals surface area contributed by atoms with Crippen molar-refractivity contribution in [3.05, 3.63) is 65.2 Å². The standard InChI is InChI=1S/C23H25F3N2O3/c1-17(29)19-5-9-21(10-6-19)31-16-22(30)28-12-2-11-27(13-14-28)15-18-3-7-20(8-4-18)23(24,25)26/h3-10H,2,11-16H2,1H3. The van der Waals surface area contributed by atoms with Crippen LogP contribution in [0.3, 0.4) is 0 Å². The van der Waals surface area contributed by atoms with Gasteiger partial charge in [-0.15, -0.1) is 0 Å². The van der Waals surface area contributed by atoms with Crippen molar-refractivity contribution in [3.8, 4) is 5.75 Å². The molecule has 1 amide bonds.